The third-order valence-electron chi connectivity index (χ3n) is 6.12. The van der Waals surface area contributed by atoms with Crippen molar-refractivity contribution in [3.8, 4) is 5.75 Å². The summed E-state index contributed by atoms with van der Waals surface area (Å²) in [4.78, 5) is 27.7. The minimum absolute atomic E-state index is 0.000402. The lowest BCUT2D eigenvalue weighted by Gasteiger charge is -2.32. The summed E-state index contributed by atoms with van der Waals surface area (Å²) in [6.45, 7) is 8.83. The molecular formula is C25H33N3O5S. The van der Waals surface area contributed by atoms with E-state index in [0.29, 0.717) is 38.0 Å². The number of aryl methyl sites for hydroxylation is 2. The molecule has 0 radical (unpaired) electrons. The van der Waals surface area contributed by atoms with Crippen molar-refractivity contribution in [1.29, 1.82) is 0 Å². The van der Waals surface area contributed by atoms with Gasteiger partial charge in [-0.05, 0) is 57.0 Å². The second kappa shape index (κ2) is 10.6. The van der Waals surface area contributed by atoms with Crippen molar-refractivity contribution in [3.05, 3.63) is 53.1 Å². The molecule has 1 atom stereocenters. The lowest BCUT2D eigenvalue weighted by molar-refractivity contribution is -0.121. The minimum atomic E-state index is -3.74. The van der Waals surface area contributed by atoms with Gasteiger partial charge in [-0.1, -0.05) is 31.0 Å². The van der Waals surface area contributed by atoms with E-state index >= 15 is 0 Å². The topological polar surface area (TPSA) is 107 Å². The Labute approximate surface area is 201 Å². The molecule has 2 N–H and O–H groups in total. The van der Waals surface area contributed by atoms with Crippen molar-refractivity contribution in [3.63, 3.8) is 0 Å². The maximum Gasteiger partial charge on any atom is 0.253 e. The Kier molecular flexibility index (Phi) is 7.99. The van der Waals surface area contributed by atoms with Crippen molar-refractivity contribution in [1.82, 2.24) is 9.21 Å². The summed E-state index contributed by atoms with van der Waals surface area (Å²) in [5.41, 5.74) is 2.65. The van der Waals surface area contributed by atoms with Gasteiger partial charge in [0.2, 0.25) is 15.9 Å². The fourth-order valence-electron chi connectivity index (χ4n) is 4.38. The number of phenolic OH excluding ortho intramolecular Hbond substituents is 1. The van der Waals surface area contributed by atoms with Crippen molar-refractivity contribution in [2.45, 2.75) is 45.4 Å². The van der Waals surface area contributed by atoms with Gasteiger partial charge in [0.15, 0.2) is 0 Å². The zero-order valence-corrected chi connectivity index (χ0v) is 21.0. The third kappa shape index (κ3) is 5.59. The lowest BCUT2D eigenvalue weighted by atomic mass is 9.96. The number of aromatic hydroxyl groups is 1. The normalized spacial score (nSPS) is 16.5. The van der Waals surface area contributed by atoms with Crippen LogP contribution in [-0.2, 0) is 14.8 Å². The zero-order chi connectivity index (χ0) is 25.0. The molecule has 2 amide bonds. The first-order valence-corrected chi connectivity index (χ1v) is 13.0. The summed E-state index contributed by atoms with van der Waals surface area (Å²) in [7, 11) is -3.74. The molecule has 0 bridgehead atoms. The van der Waals surface area contributed by atoms with Gasteiger partial charge < -0.3 is 15.3 Å². The van der Waals surface area contributed by atoms with E-state index in [1.807, 2.05) is 32.0 Å². The summed E-state index contributed by atoms with van der Waals surface area (Å²) < 4.78 is 27.0. The number of hydrogen-bond acceptors (Lipinski definition) is 5. The fraction of sp³-hybridized carbons (Fsp3) is 0.440. The maximum atomic E-state index is 13.0. The molecule has 1 heterocycles. The van der Waals surface area contributed by atoms with Crippen molar-refractivity contribution < 1.29 is 23.1 Å². The van der Waals surface area contributed by atoms with E-state index in [1.165, 1.54) is 22.5 Å². The van der Waals surface area contributed by atoms with E-state index < -0.39 is 15.9 Å². The molecule has 9 heteroatoms. The van der Waals surface area contributed by atoms with Gasteiger partial charge >= 0.3 is 0 Å². The smallest absolute Gasteiger partial charge is 0.253 e. The van der Waals surface area contributed by atoms with Crippen molar-refractivity contribution in [2.24, 2.45) is 5.92 Å². The van der Waals surface area contributed by atoms with E-state index in [-0.39, 0.29) is 34.7 Å². The monoisotopic (exact) mass is 487 g/mol. The average Bonchev–Trinajstić information content (AvgIpc) is 2.80. The highest BCUT2D eigenvalue weighted by atomic mass is 32.2. The molecule has 34 heavy (non-hydrogen) atoms. The quantitative estimate of drug-likeness (QED) is 0.581. The Morgan fingerprint density at radius 3 is 2.35 bits per heavy atom. The van der Waals surface area contributed by atoms with E-state index in [1.54, 1.807) is 18.7 Å². The number of rotatable bonds is 7. The fourth-order valence-corrected chi connectivity index (χ4v) is 5.86. The largest absolute Gasteiger partial charge is 0.506 e. The first kappa shape index (κ1) is 25.7. The number of phenols is 1. The number of piperidine rings is 1. The van der Waals surface area contributed by atoms with Gasteiger partial charge in [-0.25, -0.2) is 8.42 Å². The maximum absolute atomic E-state index is 13.0. The summed E-state index contributed by atoms with van der Waals surface area (Å²) >= 11 is 0. The highest BCUT2D eigenvalue weighted by Gasteiger charge is 2.30. The SMILES string of the molecule is CCN(CC)S(=O)(=O)c1ccc(O)c(NC(=O)C2CCCN(C(=O)c3cc(C)cc(C)c3)C2)c1. The van der Waals surface area contributed by atoms with Crippen LogP contribution < -0.4 is 5.32 Å². The van der Waals surface area contributed by atoms with Crippen LogP contribution in [0, 0.1) is 19.8 Å². The zero-order valence-electron chi connectivity index (χ0n) is 20.2. The molecule has 0 saturated carbocycles. The Bertz CT molecular complexity index is 1150. The predicted octanol–water partition coefficient (Wildman–Crippen LogP) is 3.53. The number of sulfonamides is 1. The summed E-state index contributed by atoms with van der Waals surface area (Å²) in [6.07, 6.45) is 1.28. The van der Waals surface area contributed by atoms with Crippen LogP contribution in [0.3, 0.4) is 0 Å². The minimum Gasteiger partial charge on any atom is -0.506 e. The molecule has 2 aromatic rings. The van der Waals surface area contributed by atoms with Gasteiger partial charge in [0, 0.05) is 31.7 Å². The average molecular weight is 488 g/mol. The standard InChI is InChI=1S/C25H33N3O5S/c1-5-28(6-2)34(32,33)21-9-10-23(29)22(15-21)26-24(30)19-8-7-11-27(16-19)25(31)20-13-17(3)12-18(4)14-20/h9-10,12-15,19,29H,5-8,11,16H2,1-4H3,(H,26,30). The molecule has 1 saturated heterocycles. The molecule has 1 aliphatic rings. The second-order valence-electron chi connectivity index (χ2n) is 8.72. The molecule has 0 aromatic heterocycles. The Morgan fingerprint density at radius 2 is 1.74 bits per heavy atom. The summed E-state index contributed by atoms with van der Waals surface area (Å²) in [5, 5.41) is 12.9. The molecule has 1 fully saturated rings. The molecule has 184 valence electrons. The Morgan fingerprint density at radius 1 is 1.09 bits per heavy atom. The molecule has 0 spiro atoms. The third-order valence-corrected chi connectivity index (χ3v) is 8.16. The number of hydrogen-bond donors (Lipinski definition) is 2. The number of likely N-dealkylation sites (tertiary alicyclic amines) is 1. The van der Waals surface area contributed by atoms with E-state index in [2.05, 4.69) is 5.32 Å². The van der Waals surface area contributed by atoms with Gasteiger partial charge in [0.1, 0.15) is 5.75 Å². The summed E-state index contributed by atoms with van der Waals surface area (Å²) in [5.74, 6) is -1.15. The number of nitrogens with zero attached hydrogens (tertiary/aromatic N) is 2. The number of nitrogens with one attached hydrogen (secondary N) is 1. The van der Waals surface area contributed by atoms with Gasteiger partial charge in [-0.3, -0.25) is 9.59 Å². The molecule has 3 rings (SSSR count). The molecule has 0 aliphatic carbocycles. The van der Waals surface area contributed by atoms with Crippen molar-refractivity contribution in [2.75, 3.05) is 31.5 Å². The van der Waals surface area contributed by atoms with Crippen LogP contribution in [0.5, 0.6) is 5.75 Å². The molecular weight excluding hydrogens is 454 g/mol. The molecule has 1 aliphatic heterocycles. The molecule has 1 unspecified atom stereocenters. The first-order chi connectivity index (χ1) is 16.1. The molecule has 8 nitrogen and oxygen atoms in total. The number of amides is 2. The van der Waals surface area contributed by atoms with Gasteiger partial charge in [0.05, 0.1) is 16.5 Å². The van der Waals surface area contributed by atoms with Crippen LogP contribution in [0.15, 0.2) is 41.3 Å². The van der Waals surface area contributed by atoms with Crippen LogP contribution in [0.25, 0.3) is 0 Å². The van der Waals surface area contributed by atoms with Crippen LogP contribution in [0.1, 0.15) is 48.2 Å². The Hall–Kier alpha value is -2.91. The van der Waals surface area contributed by atoms with E-state index in [0.717, 1.165) is 11.1 Å². The van der Waals surface area contributed by atoms with E-state index in [4.69, 9.17) is 0 Å². The molecule has 2 aromatic carbocycles. The van der Waals surface area contributed by atoms with E-state index in [9.17, 15) is 23.1 Å². The first-order valence-electron chi connectivity index (χ1n) is 11.6. The van der Waals surface area contributed by atoms with Crippen LogP contribution in [-0.4, -0.2) is 60.7 Å². The number of carbonyl (C=O) groups is 2. The number of carbonyl (C=O) groups excluding carboxylic acids is 2. The Balaban J connectivity index is 1.76. The second-order valence-corrected chi connectivity index (χ2v) is 10.7. The van der Waals surface area contributed by atoms with Crippen molar-refractivity contribution >= 4 is 27.5 Å². The summed E-state index contributed by atoms with van der Waals surface area (Å²) in [6, 6.07) is 9.57. The van der Waals surface area contributed by atoms with Crippen LogP contribution in [0.2, 0.25) is 0 Å². The van der Waals surface area contributed by atoms with Gasteiger partial charge in [0.25, 0.3) is 5.91 Å². The van der Waals surface area contributed by atoms with Crippen LogP contribution >= 0.6 is 0 Å². The van der Waals surface area contributed by atoms with Gasteiger partial charge in [-0.15, -0.1) is 0 Å². The highest BCUT2D eigenvalue weighted by molar-refractivity contribution is 7.89. The van der Waals surface area contributed by atoms with Crippen LogP contribution in [0.4, 0.5) is 5.69 Å². The number of benzene rings is 2. The van der Waals surface area contributed by atoms with Gasteiger partial charge in [-0.2, -0.15) is 4.31 Å². The highest BCUT2D eigenvalue weighted by Crippen LogP contribution is 2.29. The lowest BCUT2D eigenvalue weighted by Crippen LogP contribution is -2.43. The predicted molar refractivity (Wildman–Crippen MR) is 131 cm³/mol. The number of anilines is 1.